The van der Waals surface area contributed by atoms with Gasteiger partial charge in [0.1, 0.15) is 21.1 Å². The average molecular weight is 467 g/mol. The molecule has 1 amide bonds. The molecule has 0 spiro atoms. The zero-order valence-electron chi connectivity index (χ0n) is 18.4. The number of fused-ring (bicyclic) bond motifs is 1. The number of hydrogen-bond acceptors (Lipinski definition) is 7. The average Bonchev–Trinajstić information content (AvgIpc) is 3.50. The number of aryl methyl sites for hydroxylation is 1. The van der Waals surface area contributed by atoms with E-state index in [1.807, 2.05) is 24.3 Å². The Hall–Kier alpha value is -3.73. The lowest BCUT2D eigenvalue weighted by Gasteiger charge is -2.25. The molecule has 1 saturated heterocycles. The van der Waals surface area contributed by atoms with Crippen LogP contribution in [0.25, 0.3) is 15.2 Å². The van der Waals surface area contributed by atoms with Crippen molar-refractivity contribution in [3.63, 3.8) is 0 Å². The van der Waals surface area contributed by atoms with Crippen LogP contribution in [-0.2, 0) is 16.9 Å². The predicted molar refractivity (Wildman–Crippen MR) is 123 cm³/mol. The molecule has 5 rings (SSSR count). The van der Waals surface area contributed by atoms with Crippen LogP contribution in [0.5, 0.6) is 5.75 Å². The normalized spacial score (nSPS) is 18.4. The van der Waals surface area contributed by atoms with Gasteiger partial charge in [-0.2, -0.15) is 10.2 Å². The van der Waals surface area contributed by atoms with Crippen LogP contribution < -0.4 is 16.0 Å². The summed E-state index contributed by atoms with van der Waals surface area (Å²) in [4.78, 5) is 46.3. The van der Waals surface area contributed by atoms with Crippen molar-refractivity contribution < 1.29 is 9.53 Å². The lowest BCUT2D eigenvalue weighted by atomic mass is 10.00. The molecule has 0 saturated carbocycles. The summed E-state index contributed by atoms with van der Waals surface area (Å²) in [5.74, 6) is 0.477. The Morgan fingerprint density at radius 3 is 2.52 bits per heavy atom. The molecule has 0 unspecified atom stereocenters. The van der Waals surface area contributed by atoms with Gasteiger partial charge in [-0.1, -0.05) is 23.5 Å². The highest BCUT2D eigenvalue weighted by atomic mass is 32.1. The number of aromatic nitrogens is 5. The molecule has 170 valence electrons. The minimum atomic E-state index is -1.27. The molecule has 1 aliphatic heterocycles. The SMILES string of the molecule is COc1ccc(CN2CC[C@](C)(n3c(=O)[nH]c4sc(-n5nccn5)c(C)c4c3=O)C2=O)cc1. The van der Waals surface area contributed by atoms with Crippen LogP contribution in [0.1, 0.15) is 24.5 Å². The molecule has 1 atom stereocenters. The molecule has 0 bridgehead atoms. The van der Waals surface area contributed by atoms with E-state index >= 15 is 0 Å². The number of amides is 1. The van der Waals surface area contributed by atoms with Crippen molar-refractivity contribution in [2.75, 3.05) is 13.7 Å². The van der Waals surface area contributed by atoms with Crippen LogP contribution in [-0.4, -0.2) is 49.0 Å². The molecule has 1 aliphatic rings. The first-order valence-electron chi connectivity index (χ1n) is 10.4. The second-order valence-electron chi connectivity index (χ2n) is 8.22. The number of benzene rings is 1. The molecule has 3 aromatic heterocycles. The van der Waals surface area contributed by atoms with Gasteiger partial charge in [0.15, 0.2) is 0 Å². The number of methoxy groups -OCH3 is 1. The van der Waals surface area contributed by atoms with Crippen molar-refractivity contribution in [2.45, 2.75) is 32.4 Å². The summed E-state index contributed by atoms with van der Waals surface area (Å²) in [5, 5.41) is 9.27. The number of nitrogens with one attached hydrogen (secondary N) is 1. The Balaban J connectivity index is 1.54. The Labute approximate surface area is 192 Å². The van der Waals surface area contributed by atoms with E-state index in [1.165, 1.54) is 16.1 Å². The third kappa shape index (κ3) is 3.27. The maximum absolute atomic E-state index is 13.5. The maximum Gasteiger partial charge on any atom is 0.330 e. The van der Waals surface area contributed by atoms with Gasteiger partial charge < -0.3 is 9.64 Å². The Kier molecular flexibility index (Phi) is 4.93. The van der Waals surface area contributed by atoms with Gasteiger partial charge in [0, 0.05) is 18.7 Å². The van der Waals surface area contributed by atoms with Crippen LogP contribution in [0.4, 0.5) is 0 Å². The van der Waals surface area contributed by atoms with E-state index in [1.54, 1.807) is 38.3 Å². The van der Waals surface area contributed by atoms with E-state index in [-0.39, 0.29) is 5.91 Å². The number of H-pyrrole nitrogens is 1. The number of rotatable bonds is 5. The standard InChI is InChI=1S/C22H22N6O4S/c1-13-16-17(33-19(13)28-23-9-10-24-28)25-21(31)27(18(16)29)22(2)8-11-26(20(22)30)12-14-4-6-15(32-3)7-5-14/h4-7,9-10H,8,11-12H2,1-3H3,(H,25,31)/t22-/m0/s1. The van der Waals surface area contributed by atoms with Crippen molar-refractivity contribution in [1.29, 1.82) is 0 Å². The smallest absolute Gasteiger partial charge is 0.330 e. The first-order chi connectivity index (χ1) is 15.8. The summed E-state index contributed by atoms with van der Waals surface area (Å²) in [6, 6.07) is 7.46. The third-order valence-electron chi connectivity index (χ3n) is 6.20. The van der Waals surface area contributed by atoms with Crippen LogP contribution in [0.2, 0.25) is 0 Å². The number of likely N-dealkylation sites (tertiary alicyclic amines) is 1. The van der Waals surface area contributed by atoms with E-state index in [0.29, 0.717) is 40.3 Å². The largest absolute Gasteiger partial charge is 0.497 e. The van der Waals surface area contributed by atoms with Gasteiger partial charge in [0.05, 0.1) is 24.9 Å². The Bertz CT molecular complexity index is 1470. The van der Waals surface area contributed by atoms with Crippen LogP contribution >= 0.6 is 11.3 Å². The van der Waals surface area contributed by atoms with Crippen LogP contribution in [0, 0.1) is 6.92 Å². The first-order valence-corrected chi connectivity index (χ1v) is 11.2. The quantitative estimate of drug-likeness (QED) is 0.480. The molecule has 10 nitrogen and oxygen atoms in total. The van der Waals surface area contributed by atoms with Gasteiger partial charge in [-0.05, 0) is 38.0 Å². The number of nitrogens with zero attached hydrogens (tertiary/aromatic N) is 5. The van der Waals surface area contributed by atoms with E-state index in [0.717, 1.165) is 15.9 Å². The van der Waals surface area contributed by atoms with Crippen LogP contribution in [0.3, 0.4) is 0 Å². The molecule has 33 heavy (non-hydrogen) atoms. The highest BCUT2D eigenvalue weighted by molar-refractivity contribution is 7.21. The van der Waals surface area contributed by atoms with Crippen molar-refractivity contribution >= 4 is 27.5 Å². The molecular formula is C22H22N6O4S. The number of thiophene rings is 1. The minimum absolute atomic E-state index is 0.257. The van der Waals surface area contributed by atoms with Gasteiger partial charge in [0.2, 0.25) is 5.91 Å². The first kappa shape index (κ1) is 21.1. The molecule has 1 N–H and O–H groups in total. The maximum atomic E-state index is 13.5. The monoisotopic (exact) mass is 466 g/mol. The van der Waals surface area contributed by atoms with Crippen molar-refractivity contribution in [2.24, 2.45) is 0 Å². The summed E-state index contributed by atoms with van der Waals surface area (Å²) < 4.78 is 6.26. The summed E-state index contributed by atoms with van der Waals surface area (Å²) in [5.41, 5.74) is -0.761. The fourth-order valence-corrected chi connectivity index (χ4v) is 5.48. The van der Waals surface area contributed by atoms with Gasteiger partial charge in [-0.25, -0.2) is 9.36 Å². The molecule has 4 heterocycles. The highest BCUT2D eigenvalue weighted by Gasteiger charge is 2.46. The number of carbonyl (C=O) groups excluding carboxylic acids is 1. The van der Waals surface area contributed by atoms with E-state index in [9.17, 15) is 14.4 Å². The van der Waals surface area contributed by atoms with Crippen molar-refractivity contribution in [1.82, 2.24) is 29.4 Å². The zero-order valence-corrected chi connectivity index (χ0v) is 19.2. The van der Waals surface area contributed by atoms with Gasteiger partial charge in [-0.15, -0.1) is 4.80 Å². The summed E-state index contributed by atoms with van der Waals surface area (Å²) in [7, 11) is 1.60. The number of hydrogen-bond donors (Lipinski definition) is 1. The second kappa shape index (κ2) is 7.69. The van der Waals surface area contributed by atoms with Gasteiger partial charge in [0.25, 0.3) is 5.56 Å². The van der Waals surface area contributed by atoms with E-state index < -0.39 is 16.8 Å². The predicted octanol–water partition coefficient (Wildman–Crippen LogP) is 1.80. The molecule has 1 fully saturated rings. The summed E-state index contributed by atoms with van der Waals surface area (Å²) in [6.45, 7) is 4.27. The molecule has 1 aromatic carbocycles. The van der Waals surface area contributed by atoms with Crippen LogP contribution in [0.15, 0.2) is 46.2 Å². The van der Waals surface area contributed by atoms with E-state index in [2.05, 4.69) is 15.2 Å². The highest BCUT2D eigenvalue weighted by Crippen LogP contribution is 2.32. The summed E-state index contributed by atoms with van der Waals surface area (Å²) >= 11 is 1.23. The van der Waals surface area contributed by atoms with Gasteiger partial charge >= 0.3 is 5.69 Å². The topological polar surface area (TPSA) is 115 Å². The number of ether oxygens (including phenoxy) is 1. The number of aromatic amines is 1. The Morgan fingerprint density at radius 2 is 1.85 bits per heavy atom. The third-order valence-corrected chi connectivity index (χ3v) is 7.38. The Morgan fingerprint density at radius 1 is 1.15 bits per heavy atom. The van der Waals surface area contributed by atoms with Gasteiger partial charge in [-0.3, -0.25) is 14.6 Å². The summed E-state index contributed by atoms with van der Waals surface area (Å²) in [6.07, 6.45) is 3.44. The van der Waals surface area contributed by atoms with Crippen molar-refractivity contribution in [3.05, 3.63) is 68.6 Å². The fourth-order valence-electron chi connectivity index (χ4n) is 4.38. The molecule has 0 radical (unpaired) electrons. The minimum Gasteiger partial charge on any atom is -0.497 e. The second-order valence-corrected chi connectivity index (χ2v) is 9.22. The van der Waals surface area contributed by atoms with Crippen molar-refractivity contribution in [3.8, 4) is 10.8 Å². The van der Waals surface area contributed by atoms with E-state index in [4.69, 9.17) is 4.74 Å². The molecule has 0 aliphatic carbocycles. The lowest BCUT2D eigenvalue weighted by Crippen LogP contribution is -2.52. The zero-order chi connectivity index (χ0) is 23.3. The molecular weight excluding hydrogens is 444 g/mol. The number of carbonyl (C=O) groups is 1. The fraction of sp³-hybridized carbons (Fsp3) is 0.318. The molecule has 11 heteroatoms. The lowest BCUT2D eigenvalue weighted by molar-refractivity contribution is -0.135. The molecule has 4 aromatic rings.